The minimum absolute atomic E-state index is 0.864. The van der Waals surface area contributed by atoms with Crippen LogP contribution in [0.5, 0.6) is 0 Å². The maximum Gasteiger partial charge on any atom is 0.217 e. The van der Waals surface area contributed by atoms with Crippen LogP contribution in [0.15, 0.2) is 0 Å². The highest BCUT2D eigenvalue weighted by molar-refractivity contribution is 5.75. The van der Waals surface area contributed by atoms with Gasteiger partial charge in [0, 0.05) is 41.5 Å². The maximum atomic E-state index is 13.6. The Hall–Kier alpha value is -5.34. The van der Waals surface area contributed by atoms with Crippen molar-refractivity contribution in [2.24, 2.45) is 0 Å². The molecule has 66 nitrogen and oxygen atoms in total. The molecule has 0 radical (unpaired) electrons. The van der Waals surface area contributed by atoms with E-state index in [-0.39, 0.29) is 0 Å². The van der Waals surface area contributed by atoms with E-state index in [0.717, 1.165) is 41.5 Å². The summed E-state index contributed by atoms with van der Waals surface area (Å²) >= 11 is 0. The molecule has 12 saturated heterocycles. The number of ether oxygens (including phenoxy) is 23. The van der Waals surface area contributed by atoms with Gasteiger partial charge in [0.15, 0.2) is 75.5 Å². The number of nitrogens with one attached hydrogen (secondary N) is 6. The van der Waals surface area contributed by atoms with Gasteiger partial charge in [0.05, 0.1) is 78.8 Å². The van der Waals surface area contributed by atoms with Gasteiger partial charge in [-0.2, -0.15) is 0 Å². The molecule has 0 spiro atoms. The second kappa shape index (κ2) is 54.0. The molecule has 0 bridgehead atoms. The predicted molar refractivity (Wildman–Crippen MR) is 463 cm³/mol. The molecule has 60 atom stereocenters. The van der Waals surface area contributed by atoms with E-state index >= 15 is 0 Å². The van der Waals surface area contributed by atoms with E-state index in [4.69, 9.17) is 109 Å². The third kappa shape index (κ3) is 27.7. The lowest BCUT2D eigenvalue weighted by atomic mass is 9.93. The molecule has 0 aliphatic carbocycles. The summed E-state index contributed by atoms with van der Waals surface area (Å²) < 4.78 is 139. The topological polar surface area (TPSA) is 1010 Å². The maximum absolute atomic E-state index is 13.6. The Morgan fingerprint density at radius 2 is 0.427 bits per heavy atom. The number of aliphatic hydroxyl groups excluding tert-OH is 31. The second-order valence-corrected chi connectivity index (χ2v) is 38.1. The average molecular weight is 2190 g/mol. The van der Waals surface area contributed by atoms with Crippen molar-refractivity contribution in [1.29, 1.82) is 0 Å². The Balaban J connectivity index is 0.943. The van der Waals surface area contributed by atoms with Crippen LogP contribution in [0.3, 0.4) is 0 Å². The van der Waals surface area contributed by atoms with Crippen molar-refractivity contribution in [3.63, 3.8) is 0 Å². The van der Waals surface area contributed by atoms with Crippen LogP contribution in [0.25, 0.3) is 0 Å². The van der Waals surface area contributed by atoms with Crippen LogP contribution in [-0.2, 0) is 138 Å². The van der Waals surface area contributed by atoms with Crippen molar-refractivity contribution >= 4 is 35.4 Å². The van der Waals surface area contributed by atoms with E-state index < -0.39 is 476 Å². The number of carbonyl (C=O) groups is 6. The molecule has 866 valence electrons. The van der Waals surface area contributed by atoms with Crippen molar-refractivity contribution in [2.45, 2.75) is 417 Å². The summed E-state index contributed by atoms with van der Waals surface area (Å²) in [6, 6.07) is -11.9. The summed E-state index contributed by atoms with van der Waals surface area (Å²) in [7, 11) is 0. The summed E-state index contributed by atoms with van der Waals surface area (Å²) in [6.45, 7) is -6.17. The highest BCUT2D eigenvalue weighted by Crippen LogP contribution is 2.43. The molecular formula is C84H140N6O60. The van der Waals surface area contributed by atoms with Gasteiger partial charge in [-0.1, -0.05) is 0 Å². The minimum Gasteiger partial charge on any atom is -0.394 e. The first kappa shape index (κ1) is 123. The van der Waals surface area contributed by atoms with Gasteiger partial charge in [0.25, 0.3) is 0 Å². The Morgan fingerprint density at radius 1 is 0.187 bits per heavy atom. The van der Waals surface area contributed by atoms with Crippen LogP contribution < -0.4 is 31.9 Å². The third-order valence-corrected chi connectivity index (χ3v) is 27.4. The van der Waals surface area contributed by atoms with Gasteiger partial charge in [-0.05, 0) is 6.92 Å². The first-order valence-corrected chi connectivity index (χ1v) is 48.0. The minimum atomic E-state index is -2.82. The number of amides is 6. The molecule has 150 heavy (non-hydrogen) atoms. The van der Waals surface area contributed by atoms with Gasteiger partial charge in [-0.3, -0.25) is 28.8 Å². The largest absolute Gasteiger partial charge is 0.394 e. The Kier molecular flexibility index (Phi) is 44.4. The fourth-order valence-corrected chi connectivity index (χ4v) is 19.5. The molecule has 12 heterocycles. The van der Waals surface area contributed by atoms with Crippen LogP contribution in [0.1, 0.15) is 48.5 Å². The zero-order valence-corrected chi connectivity index (χ0v) is 81.1. The highest BCUT2D eigenvalue weighted by atomic mass is 16.8. The molecule has 66 heteroatoms. The van der Waals surface area contributed by atoms with Crippen molar-refractivity contribution in [2.75, 3.05) is 72.7 Å². The zero-order valence-electron chi connectivity index (χ0n) is 81.1. The molecule has 12 rings (SSSR count). The first-order valence-electron chi connectivity index (χ1n) is 48.0. The molecule has 37 N–H and O–H groups in total. The summed E-state index contributed by atoms with van der Waals surface area (Å²) in [5.41, 5.74) is 0. The monoisotopic (exact) mass is 2190 g/mol. The fraction of sp³-hybridized carbons (Fsp3) is 0.929. The average Bonchev–Trinajstić information content (AvgIpc) is 0.747. The van der Waals surface area contributed by atoms with Crippen LogP contribution in [0.4, 0.5) is 0 Å². The van der Waals surface area contributed by atoms with Gasteiger partial charge >= 0.3 is 0 Å². The lowest BCUT2D eigenvalue weighted by molar-refractivity contribution is -0.405. The zero-order chi connectivity index (χ0) is 110. The van der Waals surface area contributed by atoms with Crippen LogP contribution in [-0.4, -0.2) is 635 Å². The summed E-state index contributed by atoms with van der Waals surface area (Å²) in [5.74, 6) is -5.89. The van der Waals surface area contributed by atoms with Crippen molar-refractivity contribution < 1.29 is 296 Å². The number of aliphatic hydroxyl groups is 31. The van der Waals surface area contributed by atoms with Crippen molar-refractivity contribution in [1.82, 2.24) is 31.9 Å². The normalized spacial score (nSPS) is 48.8. The highest BCUT2D eigenvalue weighted by Gasteiger charge is 2.64. The SMILES string of the molecule is CC(=O)N[C@@H]1[C@@H](O)[C@H](O[C@@H]2O[C@H](CO)[C@@H](O[C@@H]3O[C@H](CO[C@H]4O[C@H](CO[C@@H]5O[C@H](CO)[C@@H](O[C@@H]6O[C@H](CO)[C@H](O)[C@H](O)[C@H]6O)[C@H](O)[C@H]5NC(C)=O)[C@@H](O)[C@H](O)[C@@H]4O[C@@H]4O[C@H](CO)[C@@H](O)[C@H](O)[C@H]4NC(C)=O)[C@@H](O)[C@H](O[C@H]4O[C@H](CO)[C@@H](O[C@@H]5O[C@H](CO)[C@@H](O)[C@H](O)[C@H]5NC(C)=O)[C@H](O)[C@@H]4O[C@@H]4O[C@H](CO)[C@@H](O[C@@H]5O[C@H](CO)[C@H](O)[C@H](O)[C@H]5O)[C@H](O)[C@H]4NC(C)=O)[C@@H]3O)[C@H](O)[C@H]2NC(C)=O)[C@@H](CO[C@H]2O[C@H](C)[C@H](O)[C@H](O)[C@H]2O)O[C@H]1O. The van der Waals surface area contributed by atoms with E-state index in [1.165, 1.54) is 6.92 Å². The summed E-state index contributed by atoms with van der Waals surface area (Å²) in [6.07, 6.45) is -117. The van der Waals surface area contributed by atoms with E-state index in [1.807, 2.05) is 0 Å². The molecule has 6 amide bonds. The molecule has 12 aliphatic heterocycles. The fourth-order valence-electron chi connectivity index (χ4n) is 19.5. The number of hydrogen-bond acceptors (Lipinski definition) is 60. The lowest BCUT2D eigenvalue weighted by Crippen LogP contribution is -2.71. The summed E-state index contributed by atoms with van der Waals surface area (Å²) in [5, 5.41) is 367. The molecule has 12 fully saturated rings. The number of rotatable bonds is 39. The second-order valence-electron chi connectivity index (χ2n) is 38.1. The number of hydrogen-bond donors (Lipinski definition) is 37. The third-order valence-electron chi connectivity index (χ3n) is 27.4. The van der Waals surface area contributed by atoms with Gasteiger partial charge in [0.1, 0.15) is 287 Å². The molecular weight excluding hydrogens is 2050 g/mol. The number of carbonyl (C=O) groups excluding carboxylic acids is 6. The Labute approximate surface area is 849 Å². The molecule has 0 saturated carbocycles. The Bertz CT molecular complexity index is 4250. The molecule has 0 aromatic carbocycles. The quantitative estimate of drug-likeness (QED) is 0.0272. The smallest absolute Gasteiger partial charge is 0.217 e. The lowest BCUT2D eigenvalue weighted by Gasteiger charge is -2.52. The van der Waals surface area contributed by atoms with Crippen LogP contribution in [0, 0.1) is 0 Å². The van der Waals surface area contributed by atoms with Crippen molar-refractivity contribution in [3.8, 4) is 0 Å². The molecule has 12 aliphatic rings. The van der Waals surface area contributed by atoms with Gasteiger partial charge < -0.3 is 299 Å². The molecule has 0 aromatic rings. The van der Waals surface area contributed by atoms with Gasteiger partial charge in [-0.25, -0.2) is 0 Å². The van der Waals surface area contributed by atoms with Gasteiger partial charge in [-0.15, -0.1) is 0 Å². The molecule has 0 unspecified atom stereocenters. The standard InChI is InChI=1S/C84H140N6O60/c1-19-43(105)56(118)60(122)79(131-19)129-18-36-69(52(114)37(73(127)132-36)85-20(2)99)144-77-41(89-24(6)103)54(116)67(32(14-97)138-77)147-82-64(126)70(148-84-72(63(125)68(33(15-98)140-84)143-75-38(86-21(3)100)50(112)44(106)26(8-91)133-75)150-78-42(90-25(7)104)55(117)66(31(13-96)139-78)146-81-62(124)58(120)47(109)29(11-94)136-81)49(111)35(141-82)17-130-83-71(149-76-39(87-22(4)101)51(113)45(107)27(9-92)134-76)59(121)48(110)34(142-83)16-128-74-40(88-23(5)102)53(115)65(30(12-95)137-74)145-80-61(123)57(119)46(108)28(10-93)135-80/h19,26-84,91-98,105-127H,8-18H2,1-7H3,(H,85,99)(H,86,100)(H,87,101)(H,88,102)(H,89,103)(H,90,104)/t19-,26-,27-,28-,29-,30-,31-,32-,33-,34-,35-,36-,37-,38-,39-,40-,41-,42-,43+,44-,45-,46+,47+,48-,49-,50-,51-,52-,53-,54-,55-,56+,57+,58+,59+,60-,61-,62-,63+,64+,65-,66-,67-,68-,69-,70+,71+,72+,73-,74-,75+,76+,77+,78+,79+,80+,81+,82+,83+,84-/m1/s1. The van der Waals surface area contributed by atoms with E-state index in [0.29, 0.717) is 0 Å². The Morgan fingerprint density at radius 3 is 0.820 bits per heavy atom. The van der Waals surface area contributed by atoms with Crippen molar-refractivity contribution in [3.05, 3.63) is 0 Å². The van der Waals surface area contributed by atoms with E-state index in [2.05, 4.69) is 31.9 Å². The van der Waals surface area contributed by atoms with Gasteiger partial charge in [0.2, 0.25) is 35.4 Å². The van der Waals surface area contributed by atoms with Crippen LogP contribution >= 0.6 is 0 Å². The van der Waals surface area contributed by atoms with E-state index in [1.54, 1.807) is 0 Å². The predicted octanol–water partition coefficient (Wildman–Crippen LogP) is -25.3. The van der Waals surface area contributed by atoms with Crippen LogP contribution in [0.2, 0.25) is 0 Å². The van der Waals surface area contributed by atoms with E-state index in [9.17, 15) is 187 Å². The summed E-state index contributed by atoms with van der Waals surface area (Å²) in [4.78, 5) is 78.5. The molecule has 0 aromatic heterocycles. The first-order chi connectivity index (χ1) is 70.9.